The quantitative estimate of drug-likeness (QED) is 0.746. The number of nitrogens with zero attached hydrogens (tertiary/aromatic N) is 1. The molecule has 4 nitrogen and oxygen atoms in total. The molecule has 0 bridgehead atoms. The Morgan fingerprint density at radius 3 is 2.77 bits per heavy atom. The van der Waals surface area contributed by atoms with Crippen molar-refractivity contribution in [3.8, 4) is 0 Å². The van der Waals surface area contributed by atoms with Gasteiger partial charge in [-0.25, -0.2) is 4.98 Å². The van der Waals surface area contributed by atoms with Crippen molar-refractivity contribution < 1.29 is 9.21 Å². The summed E-state index contributed by atoms with van der Waals surface area (Å²) in [7, 11) is 0. The van der Waals surface area contributed by atoms with Crippen LogP contribution in [0.1, 0.15) is 23.7 Å². The molecule has 1 aromatic carbocycles. The molecule has 2 heterocycles. The number of hydrogen-bond donors (Lipinski definition) is 1. The molecule has 0 saturated heterocycles. The van der Waals surface area contributed by atoms with Crippen LogP contribution in [0.5, 0.6) is 0 Å². The van der Waals surface area contributed by atoms with Crippen LogP contribution in [0.15, 0.2) is 64.7 Å². The lowest BCUT2D eigenvalue weighted by molar-refractivity contribution is -0.116. The van der Waals surface area contributed by atoms with E-state index in [9.17, 15) is 4.79 Å². The Morgan fingerprint density at radius 2 is 2.09 bits per heavy atom. The van der Waals surface area contributed by atoms with E-state index in [0.29, 0.717) is 11.6 Å². The molecule has 0 spiro atoms. The Labute approximate surface area is 132 Å². The maximum Gasteiger partial charge on any atom is 0.226 e. The molecule has 3 aromatic rings. The average Bonchev–Trinajstić information content (AvgIpc) is 3.21. The van der Waals surface area contributed by atoms with Crippen LogP contribution in [0.25, 0.3) is 0 Å². The number of hydrogen-bond acceptors (Lipinski definition) is 4. The molecule has 0 aliphatic carbocycles. The third kappa shape index (κ3) is 3.83. The minimum absolute atomic E-state index is 0.0114. The molecule has 22 heavy (non-hydrogen) atoms. The summed E-state index contributed by atoms with van der Waals surface area (Å²) in [4.78, 5) is 16.3. The molecule has 1 N–H and O–H groups in total. The van der Waals surface area contributed by atoms with Crippen molar-refractivity contribution in [3.63, 3.8) is 0 Å². The number of anilines is 1. The topological polar surface area (TPSA) is 55.1 Å². The maximum atomic E-state index is 12.2. The summed E-state index contributed by atoms with van der Waals surface area (Å²) in [6, 6.07) is 13.9. The fourth-order valence-corrected chi connectivity index (χ4v) is 2.92. The highest BCUT2D eigenvalue weighted by Crippen LogP contribution is 2.25. The number of amides is 1. The Kier molecular flexibility index (Phi) is 4.65. The van der Waals surface area contributed by atoms with Gasteiger partial charge < -0.3 is 9.73 Å². The van der Waals surface area contributed by atoms with Crippen LogP contribution in [0.4, 0.5) is 5.13 Å². The van der Waals surface area contributed by atoms with Gasteiger partial charge in [0.15, 0.2) is 5.13 Å². The molecular formula is C17H16N2O2S. The third-order valence-electron chi connectivity index (χ3n) is 3.38. The van der Waals surface area contributed by atoms with E-state index in [1.807, 2.05) is 35.7 Å². The molecule has 1 atom stereocenters. The van der Waals surface area contributed by atoms with Crippen LogP contribution >= 0.6 is 11.3 Å². The number of aromatic nitrogens is 1. The first-order chi connectivity index (χ1) is 10.8. The molecule has 0 aliphatic rings. The molecule has 0 saturated carbocycles. The molecular weight excluding hydrogens is 296 g/mol. The molecule has 0 radical (unpaired) electrons. The number of carbonyl (C=O) groups is 1. The summed E-state index contributed by atoms with van der Waals surface area (Å²) in [6.45, 7) is 0. The second kappa shape index (κ2) is 7.04. The highest BCUT2D eigenvalue weighted by atomic mass is 32.1. The van der Waals surface area contributed by atoms with Crippen LogP contribution in [-0.2, 0) is 11.2 Å². The minimum atomic E-state index is -0.0488. The van der Waals surface area contributed by atoms with E-state index in [4.69, 9.17) is 4.42 Å². The molecule has 3 rings (SSSR count). The lowest BCUT2D eigenvalue weighted by atomic mass is 9.93. The number of nitrogens with one attached hydrogen (secondary N) is 1. The number of furan rings is 1. The van der Waals surface area contributed by atoms with E-state index in [2.05, 4.69) is 22.4 Å². The van der Waals surface area contributed by atoms with E-state index in [1.54, 1.807) is 12.5 Å². The van der Waals surface area contributed by atoms with Gasteiger partial charge in [0.2, 0.25) is 5.91 Å². The predicted octanol–water partition coefficient (Wildman–Crippen LogP) is 4.09. The number of benzene rings is 1. The normalized spacial score (nSPS) is 12.0. The van der Waals surface area contributed by atoms with Crippen LogP contribution in [0, 0.1) is 0 Å². The van der Waals surface area contributed by atoms with Crippen molar-refractivity contribution >= 4 is 22.4 Å². The smallest absolute Gasteiger partial charge is 0.226 e. The van der Waals surface area contributed by atoms with Gasteiger partial charge in [-0.15, -0.1) is 11.3 Å². The lowest BCUT2D eigenvalue weighted by Crippen LogP contribution is -2.16. The highest BCUT2D eigenvalue weighted by molar-refractivity contribution is 7.13. The van der Waals surface area contributed by atoms with Crippen molar-refractivity contribution in [2.24, 2.45) is 0 Å². The summed E-state index contributed by atoms with van der Waals surface area (Å²) in [5, 5.41) is 5.29. The molecule has 0 unspecified atom stereocenters. The van der Waals surface area contributed by atoms with Crippen molar-refractivity contribution in [2.75, 3.05) is 5.32 Å². The van der Waals surface area contributed by atoms with Crippen LogP contribution in [0.3, 0.4) is 0 Å². The van der Waals surface area contributed by atoms with E-state index in [-0.39, 0.29) is 11.8 Å². The first kappa shape index (κ1) is 14.5. The molecule has 2 aromatic heterocycles. The van der Waals surface area contributed by atoms with Crippen molar-refractivity contribution in [3.05, 3.63) is 71.6 Å². The highest BCUT2D eigenvalue weighted by Gasteiger charge is 2.19. The minimum Gasteiger partial charge on any atom is -0.469 e. The Balaban J connectivity index is 1.70. The van der Waals surface area contributed by atoms with Gasteiger partial charge in [-0.05, 0) is 24.1 Å². The number of rotatable bonds is 6. The average molecular weight is 312 g/mol. The molecule has 0 fully saturated rings. The Morgan fingerprint density at radius 1 is 1.23 bits per heavy atom. The van der Waals surface area contributed by atoms with E-state index < -0.39 is 0 Å². The Bertz CT molecular complexity index is 694. The molecule has 112 valence electrons. The maximum absolute atomic E-state index is 12.2. The standard InChI is InChI=1S/C17H16N2O2S/c20-16(19-17-18-8-10-22-17)12-14(15-7-4-9-21-15)11-13-5-2-1-3-6-13/h1-10,14H,11-12H2,(H,18,19,20)/t14-/m1/s1. The van der Waals surface area contributed by atoms with Gasteiger partial charge in [0, 0.05) is 23.9 Å². The van der Waals surface area contributed by atoms with E-state index >= 15 is 0 Å². The Hall–Kier alpha value is -2.40. The third-order valence-corrected chi connectivity index (χ3v) is 4.07. The molecule has 1 amide bonds. The van der Waals surface area contributed by atoms with E-state index in [0.717, 1.165) is 12.2 Å². The first-order valence-corrected chi connectivity index (χ1v) is 7.96. The summed E-state index contributed by atoms with van der Waals surface area (Å²) >= 11 is 1.41. The summed E-state index contributed by atoms with van der Waals surface area (Å²) < 4.78 is 5.51. The first-order valence-electron chi connectivity index (χ1n) is 7.08. The largest absolute Gasteiger partial charge is 0.469 e. The lowest BCUT2D eigenvalue weighted by Gasteiger charge is -2.14. The van der Waals surface area contributed by atoms with Crippen molar-refractivity contribution in [1.82, 2.24) is 4.98 Å². The molecule has 0 aliphatic heterocycles. The van der Waals surface area contributed by atoms with Gasteiger partial charge in [0.1, 0.15) is 5.76 Å². The van der Waals surface area contributed by atoms with Crippen LogP contribution in [-0.4, -0.2) is 10.9 Å². The van der Waals surface area contributed by atoms with Gasteiger partial charge in [0.05, 0.1) is 6.26 Å². The van der Waals surface area contributed by atoms with Crippen LogP contribution < -0.4 is 5.32 Å². The zero-order valence-corrected chi connectivity index (χ0v) is 12.8. The second-order valence-corrected chi connectivity index (χ2v) is 5.89. The van der Waals surface area contributed by atoms with Gasteiger partial charge in [0.25, 0.3) is 0 Å². The van der Waals surface area contributed by atoms with Crippen molar-refractivity contribution in [1.29, 1.82) is 0 Å². The summed E-state index contributed by atoms with van der Waals surface area (Å²) in [6.07, 6.45) is 4.45. The van der Waals surface area contributed by atoms with Gasteiger partial charge >= 0.3 is 0 Å². The number of carbonyl (C=O) groups excluding carboxylic acids is 1. The zero-order valence-electron chi connectivity index (χ0n) is 11.9. The SMILES string of the molecule is O=C(C[C@@H](Cc1ccccc1)c1ccco1)Nc1nccs1. The zero-order chi connectivity index (χ0) is 15.2. The predicted molar refractivity (Wildman–Crippen MR) is 87.0 cm³/mol. The molecule has 5 heteroatoms. The second-order valence-electron chi connectivity index (χ2n) is 4.99. The van der Waals surface area contributed by atoms with Crippen molar-refractivity contribution in [2.45, 2.75) is 18.8 Å². The van der Waals surface area contributed by atoms with Gasteiger partial charge in [-0.1, -0.05) is 30.3 Å². The monoisotopic (exact) mass is 312 g/mol. The van der Waals surface area contributed by atoms with E-state index in [1.165, 1.54) is 16.9 Å². The fraction of sp³-hybridized carbons (Fsp3) is 0.176. The summed E-state index contributed by atoms with van der Waals surface area (Å²) in [5.74, 6) is 0.794. The van der Waals surface area contributed by atoms with Crippen LogP contribution in [0.2, 0.25) is 0 Å². The number of thiazole rings is 1. The van der Waals surface area contributed by atoms with Gasteiger partial charge in [-0.3, -0.25) is 4.79 Å². The summed E-state index contributed by atoms with van der Waals surface area (Å²) in [5.41, 5.74) is 1.19. The fourth-order valence-electron chi connectivity index (χ4n) is 2.37. The van der Waals surface area contributed by atoms with Gasteiger partial charge in [-0.2, -0.15) is 0 Å².